The Balaban J connectivity index is 1.65. The van der Waals surface area contributed by atoms with Crippen molar-refractivity contribution in [1.82, 2.24) is 5.32 Å². The summed E-state index contributed by atoms with van der Waals surface area (Å²) in [5.41, 5.74) is 5.22. The highest BCUT2D eigenvalue weighted by molar-refractivity contribution is 5.76. The minimum Gasteiger partial charge on any atom is -0.369 e. The Morgan fingerprint density at radius 3 is 2.20 bits per heavy atom. The standard InChI is InChI=1S/C12H22N2O/c1-8(12(13)15)6-14-7-11(9-2-3-9)10-4-5-10/h8-11,14H,2-7H2,1H3,(H2,13,15). The summed E-state index contributed by atoms with van der Waals surface area (Å²) in [6.45, 7) is 3.72. The summed E-state index contributed by atoms with van der Waals surface area (Å²) >= 11 is 0. The summed E-state index contributed by atoms with van der Waals surface area (Å²) in [7, 11) is 0. The molecule has 0 aromatic rings. The van der Waals surface area contributed by atoms with Gasteiger partial charge in [-0.05, 0) is 50.0 Å². The van der Waals surface area contributed by atoms with Crippen molar-refractivity contribution in [3.05, 3.63) is 0 Å². The zero-order valence-corrected chi connectivity index (χ0v) is 9.54. The molecule has 15 heavy (non-hydrogen) atoms. The highest BCUT2D eigenvalue weighted by Gasteiger charge is 2.40. The van der Waals surface area contributed by atoms with Crippen LogP contribution in [0.25, 0.3) is 0 Å². The Morgan fingerprint density at radius 2 is 1.80 bits per heavy atom. The fourth-order valence-corrected chi connectivity index (χ4v) is 2.33. The van der Waals surface area contributed by atoms with Crippen molar-refractivity contribution in [2.75, 3.05) is 13.1 Å². The molecular weight excluding hydrogens is 188 g/mol. The molecule has 1 atom stereocenters. The van der Waals surface area contributed by atoms with E-state index in [9.17, 15) is 4.79 Å². The van der Waals surface area contributed by atoms with Crippen molar-refractivity contribution in [1.29, 1.82) is 0 Å². The Hall–Kier alpha value is -0.570. The molecule has 2 rings (SSSR count). The van der Waals surface area contributed by atoms with E-state index in [1.165, 1.54) is 25.7 Å². The molecule has 3 N–H and O–H groups in total. The van der Waals surface area contributed by atoms with E-state index in [-0.39, 0.29) is 11.8 Å². The fraction of sp³-hybridized carbons (Fsp3) is 0.917. The molecule has 0 bridgehead atoms. The van der Waals surface area contributed by atoms with Crippen LogP contribution in [-0.2, 0) is 4.79 Å². The van der Waals surface area contributed by atoms with Crippen LogP contribution in [0.2, 0.25) is 0 Å². The Kier molecular flexibility index (Phi) is 3.29. The topological polar surface area (TPSA) is 55.1 Å². The van der Waals surface area contributed by atoms with Gasteiger partial charge in [-0.15, -0.1) is 0 Å². The van der Waals surface area contributed by atoms with Crippen LogP contribution in [0, 0.1) is 23.7 Å². The molecule has 2 aliphatic carbocycles. The van der Waals surface area contributed by atoms with Crippen LogP contribution >= 0.6 is 0 Å². The zero-order chi connectivity index (χ0) is 10.8. The van der Waals surface area contributed by atoms with E-state index < -0.39 is 0 Å². The molecule has 0 saturated heterocycles. The fourth-order valence-electron chi connectivity index (χ4n) is 2.33. The predicted molar refractivity (Wildman–Crippen MR) is 60.2 cm³/mol. The van der Waals surface area contributed by atoms with Gasteiger partial charge >= 0.3 is 0 Å². The zero-order valence-electron chi connectivity index (χ0n) is 9.54. The summed E-state index contributed by atoms with van der Waals surface area (Å²) in [6.07, 6.45) is 5.70. The van der Waals surface area contributed by atoms with Crippen molar-refractivity contribution in [3.8, 4) is 0 Å². The van der Waals surface area contributed by atoms with E-state index in [1.54, 1.807) is 0 Å². The lowest BCUT2D eigenvalue weighted by atomic mass is 9.98. The van der Waals surface area contributed by atoms with E-state index in [1.807, 2.05) is 6.92 Å². The molecule has 2 aliphatic rings. The van der Waals surface area contributed by atoms with Gasteiger partial charge in [0, 0.05) is 12.5 Å². The first kappa shape index (κ1) is 10.9. The molecule has 1 unspecified atom stereocenters. The van der Waals surface area contributed by atoms with E-state index in [2.05, 4.69) is 5.32 Å². The Bertz CT molecular complexity index is 222. The Morgan fingerprint density at radius 1 is 1.27 bits per heavy atom. The third kappa shape index (κ3) is 3.20. The van der Waals surface area contributed by atoms with Gasteiger partial charge in [-0.25, -0.2) is 0 Å². The molecular formula is C12H22N2O. The maximum atomic E-state index is 10.8. The molecule has 0 heterocycles. The smallest absolute Gasteiger partial charge is 0.221 e. The van der Waals surface area contributed by atoms with Crippen molar-refractivity contribution < 1.29 is 4.79 Å². The quantitative estimate of drug-likeness (QED) is 0.662. The van der Waals surface area contributed by atoms with Crippen molar-refractivity contribution >= 4 is 5.91 Å². The van der Waals surface area contributed by atoms with Gasteiger partial charge < -0.3 is 11.1 Å². The number of primary amides is 1. The number of carbonyl (C=O) groups excluding carboxylic acids is 1. The van der Waals surface area contributed by atoms with Crippen LogP contribution in [0.5, 0.6) is 0 Å². The van der Waals surface area contributed by atoms with Crippen LogP contribution in [0.15, 0.2) is 0 Å². The minimum atomic E-state index is -0.197. The largest absolute Gasteiger partial charge is 0.369 e. The first-order chi connectivity index (χ1) is 7.18. The summed E-state index contributed by atoms with van der Waals surface area (Å²) in [5, 5.41) is 3.41. The van der Waals surface area contributed by atoms with Crippen LogP contribution < -0.4 is 11.1 Å². The molecule has 86 valence electrons. The van der Waals surface area contributed by atoms with Crippen LogP contribution in [0.3, 0.4) is 0 Å². The second kappa shape index (κ2) is 4.52. The minimum absolute atomic E-state index is 0.0379. The maximum Gasteiger partial charge on any atom is 0.221 e. The monoisotopic (exact) mass is 210 g/mol. The van der Waals surface area contributed by atoms with Gasteiger partial charge in [0.25, 0.3) is 0 Å². The summed E-state index contributed by atoms with van der Waals surface area (Å²) < 4.78 is 0. The highest BCUT2D eigenvalue weighted by atomic mass is 16.1. The predicted octanol–water partition coefficient (Wildman–Crippen LogP) is 1.13. The number of hydrogen-bond acceptors (Lipinski definition) is 2. The number of carbonyl (C=O) groups is 1. The molecule has 0 spiro atoms. The van der Waals surface area contributed by atoms with Gasteiger partial charge in [-0.2, -0.15) is 0 Å². The molecule has 0 aromatic carbocycles. The molecule has 2 saturated carbocycles. The molecule has 0 aliphatic heterocycles. The molecule has 3 heteroatoms. The van der Waals surface area contributed by atoms with E-state index in [0.717, 1.165) is 30.8 Å². The van der Waals surface area contributed by atoms with Gasteiger partial charge in [0.1, 0.15) is 0 Å². The third-order valence-corrected chi connectivity index (χ3v) is 3.77. The number of nitrogens with one attached hydrogen (secondary N) is 1. The molecule has 2 fully saturated rings. The third-order valence-electron chi connectivity index (χ3n) is 3.77. The van der Waals surface area contributed by atoms with E-state index in [0.29, 0.717) is 0 Å². The number of rotatable bonds is 7. The second-order valence-electron chi connectivity index (χ2n) is 5.30. The van der Waals surface area contributed by atoms with E-state index >= 15 is 0 Å². The molecule has 1 amide bonds. The average Bonchev–Trinajstić information content (AvgIpc) is 3.01. The first-order valence-corrected chi connectivity index (χ1v) is 6.18. The van der Waals surface area contributed by atoms with E-state index in [4.69, 9.17) is 5.73 Å². The van der Waals surface area contributed by atoms with Gasteiger partial charge in [0.05, 0.1) is 0 Å². The Labute approximate surface area is 91.8 Å². The second-order valence-corrected chi connectivity index (χ2v) is 5.30. The summed E-state index contributed by atoms with van der Waals surface area (Å²) in [4.78, 5) is 10.8. The van der Waals surface area contributed by atoms with Crippen LogP contribution in [0.1, 0.15) is 32.6 Å². The molecule has 3 nitrogen and oxygen atoms in total. The normalized spacial score (nSPS) is 23.1. The van der Waals surface area contributed by atoms with Gasteiger partial charge in [-0.1, -0.05) is 6.92 Å². The number of hydrogen-bond donors (Lipinski definition) is 2. The number of amides is 1. The summed E-state index contributed by atoms with van der Waals surface area (Å²) in [5.74, 6) is 2.61. The van der Waals surface area contributed by atoms with Crippen molar-refractivity contribution in [3.63, 3.8) is 0 Å². The lowest BCUT2D eigenvalue weighted by Gasteiger charge is -2.17. The lowest BCUT2D eigenvalue weighted by Crippen LogP contribution is -2.34. The van der Waals surface area contributed by atoms with Crippen LogP contribution in [-0.4, -0.2) is 19.0 Å². The van der Waals surface area contributed by atoms with Crippen molar-refractivity contribution in [2.24, 2.45) is 29.4 Å². The maximum absolute atomic E-state index is 10.8. The van der Waals surface area contributed by atoms with Crippen LogP contribution in [0.4, 0.5) is 0 Å². The SMILES string of the molecule is CC(CNCC(C1CC1)C1CC1)C(N)=O. The van der Waals surface area contributed by atoms with Gasteiger partial charge in [0.2, 0.25) is 5.91 Å². The highest BCUT2D eigenvalue weighted by Crippen LogP contribution is 2.48. The average molecular weight is 210 g/mol. The summed E-state index contributed by atoms with van der Waals surface area (Å²) in [6, 6.07) is 0. The number of nitrogens with two attached hydrogens (primary N) is 1. The molecule has 0 radical (unpaired) electrons. The van der Waals surface area contributed by atoms with Crippen molar-refractivity contribution in [2.45, 2.75) is 32.6 Å². The van der Waals surface area contributed by atoms with Gasteiger partial charge in [0.15, 0.2) is 0 Å². The van der Waals surface area contributed by atoms with Gasteiger partial charge in [-0.3, -0.25) is 4.79 Å². The lowest BCUT2D eigenvalue weighted by molar-refractivity contribution is -0.121. The first-order valence-electron chi connectivity index (χ1n) is 6.18. The molecule has 0 aromatic heterocycles.